The van der Waals surface area contributed by atoms with Crippen LogP contribution >= 0.6 is 23.2 Å². The molecule has 1 atom stereocenters. The van der Waals surface area contributed by atoms with E-state index >= 15 is 0 Å². The standard InChI is InChI=1S/C11H8Cl2N2O/c1-2-7-3-11(16)15(6-7)9-5-14-10(13)4-8(9)12/h1,4-5,7H,3,6H2. The predicted octanol–water partition coefficient (Wildman–Crippen LogP) is 2.37. The summed E-state index contributed by atoms with van der Waals surface area (Å²) >= 11 is 11.7. The smallest absolute Gasteiger partial charge is 0.228 e. The minimum atomic E-state index is -0.0563. The quantitative estimate of drug-likeness (QED) is 0.570. The lowest BCUT2D eigenvalue weighted by molar-refractivity contribution is -0.117. The Hall–Kier alpha value is -1.24. The van der Waals surface area contributed by atoms with E-state index in [0.29, 0.717) is 28.8 Å². The van der Waals surface area contributed by atoms with Gasteiger partial charge in [-0.2, -0.15) is 0 Å². The molecule has 1 aliphatic rings. The predicted molar refractivity (Wildman–Crippen MR) is 63.6 cm³/mol. The summed E-state index contributed by atoms with van der Waals surface area (Å²) in [6.45, 7) is 0.484. The van der Waals surface area contributed by atoms with Crippen molar-refractivity contribution in [3.63, 3.8) is 0 Å². The highest BCUT2D eigenvalue weighted by Crippen LogP contribution is 2.31. The molecular formula is C11H8Cl2N2O. The number of rotatable bonds is 1. The van der Waals surface area contributed by atoms with Crippen LogP contribution in [-0.4, -0.2) is 17.4 Å². The summed E-state index contributed by atoms with van der Waals surface area (Å²) < 4.78 is 0. The first kappa shape index (κ1) is 11.3. The third-order valence-electron chi connectivity index (χ3n) is 2.45. The van der Waals surface area contributed by atoms with Gasteiger partial charge in [0.25, 0.3) is 0 Å². The van der Waals surface area contributed by atoms with E-state index in [0.717, 1.165) is 0 Å². The van der Waals surface area contributed by atoms with Gasteiger partial charge in [0.15, 0.2) is 0 Å². The maximum absolute atomic E-state index is 11.7. The van der Waals surface area contributed by atoms with Crippen molar-refractivity contribution in [1.82, 2.24) is 4.98 Å². The van der Waals surface area contributed by atoms with Gasteiger partial charge in [0, 0.05) is 18.9 Å². The van der Waals surface area contributed by atoms with E-state index in [1.807, 2.05) is 0 Å². The molecule has 0 spiro atoms. The second kappa shape index (κ2) is 4.32. The van der Waals surface area contributed by atoms with E-state index in [9.17, 15) is 4.79 Å². The summed E-state index contributed by atoms with van der Waals surface area (Å²) in [5.41, 5.74) is 0.564. The number of carbonyl (C=O) groups is 1. The van der Waals surface area contributed by atoms with Gasteiger partial charge in [-0.1, -0.05) is 23.2 Å². The van der Waals surface area contributed by atoms with Crippen molar-refractivity contribution in [3.05, 3.63) is 22.4 Å². The molecule has 0 aliphatic carbocycles. The molecule has 82 valence electrons. The Morgan fingerprint density at radius 3 is 2.88 bits per heavy atom. The number of hydrogen-bond donors (Lipinski definition) is 0. The molecular weight excluding hydrogens is 247 g/mol. The lowest BCUT2D eigenvalue weighted by atomic mass is 10.1. The molecule has 16 heavy (non-hydrogen) atoms. The van der Waals surface area contributed by atoms with Crippen molar-refractivity contribution in [3.8, 4) is 12.3 Å². The first-order valence-electron chi connectivity index (χ1n) is 4.69. The highest BCUT2D eigenvalue weighted by Gasteiger charge is 2.30. The lowest BCUT2D eigenvalue weighted by Gasteiger charge is -2.16. The average Bonchev–Trinajstić information content (AvgIpc) is 2.60. The molecule has 5 heteroatoms. The van der Waals surface area contributed by atoms with Crippen molar-refractivity contribution in [2.24, 2.45) is 5.92 Å². The maximum Gasteiger partial charge on any atom is 0.228 e. The van der Waals surface area contributed by atoms with Crippen molar-refractivity contribution < 1.29 is 4.79 Å². The zero-order valence-electron chi connectivity index (χ0n) is 8.28. The van der Waals surface area contributed by atoms with Gasteiger partial charge in [-0.05, 0) is 6.07 Å². The van der Waals surface area contributed by atoms with Crippen molar-refractivity contribution in [2.75, 3.05) is 11.4 Å². The van der Waals surface area contributed by atoms with Crippen molar-refractivity contribution in [2.45, 2.75) is 6.42 Å². The fraction of sp³-hybridized carbons (Fsp3) is 0.273. The molecule has 0 saturated carbocycles. The van der Waals surface area contributed by atoms with Crippen LogP contribution in [0.15, 0.2) is 12.3 Å². The second-order valence-electron chi connectivity index (χ2n) is 3.53. The Balaban J connectivity index is 2.32. The first-order chi connectivity index (χ1) is 7.61. The van der Waals surface area contributed by atoms with Crippen LogP contribution in [0.5, 0.6) is 0 Å². The number of aromatic nitrogens is 1. The van der Waals surface area contributed by atoms with Gasteiger partial charge in [-0.15, -0.1) is 12.3 Å². The maximum atomic E-state index is 11.7. The molecule has 1 aliphatic heterocycles. The monoisotopic (exact) mass is 254 g/mol. The molecule has 1 aromatic heterocycles. The Labute approximate surface area is 103 Å². The van der Waals surface area contributed by atoms with Crippen molar-refractivity contribution in [1.29, 1.82) is 0 Å². The van der Waals surface area contributed by atoms with Crippen LogP contribution in [0.2, 0.25) is 10.2 Å². The number of terminal acetylenes is 1. The van der Waals surface area contributed by atoms with Gasteiger partial charge < -0.3 is 4.90 Å². The molecule has 0 aromatic carbocycles. The van der Waals surface area contributed by atoms with E-state index in [4.69, 9.17) is 29.6 Å². The van der Waals surface area contributed by atoms with Crippen LogP contribution in [-0.2, 0) is 4.79 Å². The van der Waals surface area contributed by atoms with E-state index in [-0.39, 0.29) is 11.8 Å². The molecule has 1 unspecified atom stereocenters. The normalized spacial score (nSPS) is 19.9. The molecule has 2 heterocycles. The fourth-order valence-electron chi connectivity index (χ4n) is 1.65. The third kappa shape index (κ3) is 1.99. The first-order valence-corrected chi connectivity index (χ1v) is 5.45. The number of amides is 1. The summed E-state index contributed by atoms with van der Waals surface area (Å²) in [6.07, 6.45) is 7.14. The highest BCUT2D eigenvalue weighted by molar-refractivity contribution is 6.36. The molecule has 0 N–H and O–H groups in total. The van der Waals surface area contributed by atoms with Gasteiger partial charge in [-0.25, -0.2) is 4.98 Å². The SMILES string of the molecule is C#CC1CC(=O)N(c2cnc(Cl)cc2Cl)C1. The topological polar surface area (TPSA) is 33.2 Å². The second-order valence-corrected chi connectivity index (χ2v) is 4.32. The molecule has 1 amide bonds. The molecule has 0 radical (unpaired) electrons. The molecule has 2 rings (SSSR count). The molecule has 1 fully saturated rings. The molecule has 1 saturated heterocycles. The Kier molecular flexibility index (Phi) is 3.04. The number of nitrogens with zero attached hydrogens (tertiary/aromatic N) is 2. The van der Waals surface area contributed by atoms with Gasteiger partial charge in [-0.3, -0.25) is 4.79 Å². The molecule has 0 bridgehead atoms. The number of anilines is 1. The summed E-state index contributed by atoms with van der Waals surface area (Å²) in [4.78, 5) is 17.1. The van der Waals surface area contributed by atoms with Crippen LogP contribution in [0.4, 0.5) is 5.69 Å². The van der Waals surface area contributed by atoms with Crippen LogP contribution in [0.25, 0.3) is 0 Å². The Bertz CT molecular complexity index is 481. The summed E-state index contributed by atoms with van der Waals surface area (Å²) in [5, 5.41) is 0.708. The minimum Gasteiger partial charge on any atom is -0.308 e. The summed E-state index contributed by atoms with van der Waals surface area (Å²) in [5.74, 6) is 2.48. The highest BCUT2D eigenvalue weighted by atomic mass is 35.5. The van der Waals surface area contributed by atoms with E-state index < -0.39 is 0 Å². The zero-order valence-corrected chi connectivity index (χ0v) is 9.79. The molecule has 3 nitrogen and oxygen atoms in total. The summed E-state index contributed by atoms with van der Waals surface area (Å²) in [7, 11) is 0. The van der Waals surface area contributed by atoms with E-state index in [2.05, 4.69) is 10.9 Å². The molecule has 1 aromatic rings. The fourth-order valence-corrected chi connectivity index (χ4v) is 2.12. The largest absolute Gasteiger partial charge is 0.308 e. The van der Waals surface area contributed by atoms with Gasteiger partial charge in [0.1, 0.15) is 5.15 Å². The van der Waals surface area contributed by atoms with Gasteiger partial charge in [0.2, 0.25) is 5.91 Å². The van der Waals surface area contributed by atoms with Gasteiger partial charge in [0.05, 0.1) is 16.9 Å². The van der Waals surface area contributed by atoms with Crippen LogP contribution in [0, 0.1) is 18.3 Å². The Morgan fingerprint density at radius 2 is 2.31 bits per heavy atom. The van der Waals surface area contributed by atoms with E-state index in [1.165, 1.54) is 12.3 Å². The van der Waals surface area contributed by atoms with Crippen LogP contribution in [0.3, 0.4) is 0 Å². The lowest BCUT2D eigenvalue weighted by Crippen LogP contribution is -2.24. The zero-order chi connectivity index (χ0) is 11.7. The summed E-state index contributed by atoms with van der Waals surface area (Å²) in [6, 6.07) is 1.51. The number of hydrogen-bond acceptors (Lipinski definition) is 2. The van der Waals surface area contributed by atoms with Gasteiger partial charge >= 0.3 is 0 Å². The third-order valence-corrected chi connectivity index (χ3v) is 2.96. The van der Waals surface area contributed by atoms with Crippen molar-refractivity contribution >= 4 is 34.8 Å². The Morgan fingerprint density at radius 1 is 1.56 bits per heavy atom. The average molecular weight is 255 g/mol. The van der Waals surface area contributed by atoms with Crippen LogP contribution in [0.1, 0.15) is 6.42 Å². The number of pyridine rings is 1. The van der Waals surface area contributed by atoms with E-state index in [1.54, 1.807) is 4.90 Å². The van der Waals surface area contributed by atoms with Crippen LogP contribution < -0.4 is 4.90 Å². The minimum absolute atomic E-state index is 0.0334. The number of halogens is 2. The number of carbonyl (C=O) groups excluding carboxylic acids is 1.